The number of primary amides is 1. The van der Waals surface area contributed by atoms with Crippen molar-refractivity contribution < 1.29 is 14.3 Å². The average molecular weight is 213 g/mol. The van der Waals surface area contributed by atoms with Crippen LogP contribution < -0.4 is 5.73 Å². The van der Waals surface area contributed by atoms with E-state index < -0.39 is 11.7 Å². The fraction of sp³-hybridized carbons (Fsp3) is 0.818. The predicted molar refractivity (Wildman–Crippen MR) is 56.3 cm³/mol. The Morgan fingerprint density at radius 3 is 2.60 bits per heavy atom. The summed E-state index contributed by atoms with van der Waals surface area (Å²) in [5.41, 5.74) is 4.58. The maximum atomic E-state index is 10.7. The van der Waals surface area contributed by atoms with E-state index >= 15 is 0 Å². The van der Waals surface area contributed by atoms with Crippen molar-refractivity contribution in [1.29, 1.82) is 0 Å². The Hall–Kier alpha value is -1.06. The van der Waals surface area contributed by atoms with Crippen molar-refractivity contribution in [2.75, 3.05) is 0 Å². The summed E-state index contributed by atoms with van der Waals surface area (Å²) >= 11 is 0. The molecule has 4 nitrogen and oxygen atoms in total. The fourth-order valence-corrected chi connectivity index (χ4v) is 2.11. The summed E-state index contributed by atoms with van der Waals surface area (Å²) < 4.78 is 5.06. The third-order valence-corrected chi connectivity index (χ3v) is 2.77. The molecule has 0 aromatic heterocycles. The largest absolute Gasteiger partial charge is 0.442 e. The van der Waals surface area contributed by atoms with Gasteiger partial charge in [-0.2, -0.15) is 0 Å². The molecule has 2 unspecified atom stereocenters. The Kier molecular flexibility index (Phi) is 3.07. The van der Waals surface area contributed by atoms with Crippen molar-refractivity contribution in [2.24, 2.45) is 17.1 Å². The van der Waals surface area contributed by atoms with Crippen LogP contribution in [0.1, 0.15) is 40.0 Å². The molecule has 0 radical (unpaired) electrons. The van der Waals surface area contributed by atoms with Crippen LogP contribution in [0.4, 0.5) is 4.79 Å². The van der Waals surface area contributed by atoms with Gasteiger partial charge in [-0.3, -0.25) is 0 Å². The number of amides is 1. The van der Waals surface area contributed by atoms with E-state index in [1.165, 1.54) is 0 Å². The SMILES string of the molecule is CC(C)(C)CC1CC1(CC=O)OC(N)=O. The first kappa shape index (κ1) is 12.0. The highest BCUT2D eigenvalue weighted by atomic mass is 16.6. The van der Waals surface area contributed by atoms with Crippen molar-refractivity contribution in [3.63, 3.8) is 0 Å². The summed E-state index contributed by atoms with van der Waals surface area (Å²) in [6.45, 7) is 6.38. The van der Waals surface area contributed by atoms with Gasteiger partial charge in [0, 0.05) is 12.3 Å². The smallest absolute Gasteiger partial charge is 0.405 e. The summed E-state index contributed by atoms with van der Waals surface area (Å²) in [7, 11) is 0. The van der Waals surface area contributed by atoms with E-state index in [1.807, 2.05) is 0 Å². The van der Waals surface area contributed by atoms with Gasteiger partial charge in [0.05, 0.1) is 0 Å². The quantitative estimate of drug-likeness (QED) is 0.725. The van der Waals surface area contributed by atoms with Gasteiger partial charge in [0.2, 0.25) is 0 Å². The monoisotopic (exact) mass is 213 g/mol. The third kappa shape index (κ3) is 3.22. The normalized spacial score (nSPS) is 29.7. The molecule has 0 heterocycles. The van der Waals surface area contributed by atoms with E-state index in [0.717, 1.165) is 19.1 Å². The van der Waals surface area contributed by atoms with Crippen molar-refractivity contribution in [3.05, 3.63) is 0 Å². The molecule has 2 atom stereocenters. The molecular weight excluding hydrogens is 194 g/mol. The van der Waals surface area contributed by atoms with E-state index in [9.17, 15) is 9.59 Å². The molecule has 0 aliphatic heterocycles. The zero-order valence-electron chi connectivity index (χ0n) is 9.58. The lowest BCUT2D eigenvalue weighted by atomic mass is 9.88. The third-order valence-electron chi connectivity index (χ3n) is 2.77. The number of ether oxygens (including phenoxy) is 1. The Balaban J connectivity index is 2.57. The number of carbonyl (C=O) groups excluding carboxylic acids is 2. The number of aldehydes is 1. The molecule has 86 valence electrons. The molecule has 1 aliphatic carbocycles. The fourth-order valence-electron chi connectivity index (χ4n) is 2.11. The van der Waals surface area contributed by atoms with Crippen LogP contribution in [0, 0.1) is 11.3 Å². The highest BCUT2D eigenvalue weighted by molar-refractivity contribution is 5.67. The van der Waals surface area contributed by atoms with Gasteiger partial charge in [0.1, 0.15) is 11.9 Å². The zero-order valence-corrected chi connectivity index (χ0v) is 9.58. The second-order valence-electron chi connectivity index (χ2n) is 5.52. The van der Waals surface area contributed by atoms with Crippen LogP contribution in [-0.2, 0) is 9.53 Å². The van der Waals surface area contributed by atoms with E-state index in [1.54, 1.807) is 0 Å². The second kappa shape index (κ2) is 3.83. The van der Waals surface area contributed by atoms with E-state index in [-0.39, 0.29) is 17.8 Å². The van der Waals surface area contributed by atoms with Crippen molar-refractivity contribution in [2.45, 2.75) is 45.6 Å². The molecular formula is C11H19NO3. The van der Waals surface area contributed by atoms with Crippen LogP contribution >= 0.6 is 0 Å². The van der Waals surface area contributed by atoms with Gasteiger partial charge in [0.15, 0.2) is 0 Å². The number of hydrogen-bond donors (Lipinski definition) is 1. The first-order chi connectivity index (χ1) is 6.79. The van der Waals surface area contributed by atoms with Crippen molar-refractivity contribution in [3.8, 4) is 0 Å². The summed E-state index contributed by atoms with van der Waals surface area (Å²) in [5.74, 6) is 0.273. The van der Waals surface area contributed by atoms with E-state index in [4.69, 9.17) is 10.5 Å². The highest BCUT2D eigenvalue weighted by Crippen LogP contribution is 2.54. The minimum atomic E-state index is -0.784. The lowest BCUT2D eigenvalue weighted by Crippen LogP contribution is -2.27. The first-order valence-electron chi connectivity index (χ1n) is 5.21. The summed E-state index contributed by atoms with van der Waals surface area (Å²) in [6.07, 6.45) is 1.97. The number of hydrogen-bond acceptors (Lipinski definition) is 3. The summed E-state index contributed by atoms with van der Waals surface area (Å²) in [5, 5.41) is 0. The molecule has 2 N–H and O–H groups in total. The first-order valence-corrected chi connectivity index (χ1v) is 5.21. The van der Waals surface area contributed by atoms with Crippen LogP contribution in [-0.4, -0.2) is 18.0 Å². The van der Waals surface area contributed by atoms with Crippen LogP contribution in [0.5, 0.6) is 0 Å². The lowest BCUT2D eigenvalue weighted by Gasteiger charge is -2.21. The molecule has 1 rings (SSSR count). The second-order valence-corrected chi connectivity index (χ2v) is 5.52. The number of rotatable bonds is 4. The number of nitrogens with two attached hydrogens (primary N) is 1. The summed E-state index contributed by atoms with van der Waals surface area (Å²) in [4.78, 5) is 21.2. The molecule has 15 heavy (non-hydrogen) atoms. The predicted octanol–water partition coefficient (Wildman–Crippen LogP) is 1.87. The Morgan fingerprint density at radius 2 is 2.20 bits per heavy atom. The molecule has 1 fully saturated rings. The van der Waals surface area contributed by atoms with Gasteiger partial charge in [-0.1, -0.05) is 20.8 Å². The van der Waals surface area contributed by atoms with Crippen LogP contribution in [0.2, 0.25) is 0 Å². The molecule has 1 saturated carbocycles. The van der Waals surface area contributed by atoms with Crippen LogP contribution in [0.15, 0.2) is 0 Å². The molecule has 0 aromatic carbocycles. The van der Waals surface area contributed by atoms with E-state index in [2.05, 4.69) is 20.8 Å². The molecule has 4 heteroatoms. The van der Waals surface area contributed by atoms with Crippen LogP contribution in [0.25, 0.3) is 0 Å². The topological polar surface area (TPSA) is 69.4 Å². The van der Waals surface area contributed by atoms with Crippen molar-refractivity contribution >= 4 is 12.4 Å². The summed E-state index contributed by atoms with van der Waals surface area (Å²) in [6, 6.07) is 0. The Bertz CT molecular complexity index is 269. The molecule has 1 amide bonds. The van der Waals surface area contributed by atoms with Gasteiger partial charge >= 0.3 is 6.09 Å². The van der Waals surface area contributed by atoms with Crippen molar-refractivity contribution in [1.82, 2.24) is 0 Å². The van der Waals surface area contributed by atoms with Gasteiger partial charge in [-0.15, -0.1) is 0 Å². The maximum Gasteiger partial charge on any atom is 0.405 e. The minimum absolute atomic E-state index is 0.177. The Labute approximate surface area is 90.2 Å². The molecule has 0 spiro atoms. The van der Waals surface area contributed by atoms with Crippen LogP contribution in [0.3, 0.4) is 0 Å². The zero-order chi connectivity index (χ0) is 11.7. The maximum absolute atomic E-state index is 10.7. The van der Waals surface area contributed by atoms with Gasteiger partial charge in [-0.25, -0.2) is 4.79 Å². The Morgan fingerprint density at radius 1 is 1.60 bits per heavy atom. The van der Waals surface area contributed by atoms with Gasteiger partial charge in [0.25, 0.3) is 0 Å². The molecule has 0 bridgehead atoms. The average Bonchev–Trinajstić information content (AvgIpc) is 2.57. The number of carbonyl (C=O) groups is 2. The standard InChI is InChI=1S/C11H19NO3/c1-10(2,3)6-8-7-11(8,4-5-13)15-9(12)14/h5,8H,4,6-7H2,1-3H3,(H2,12,14). The lowest BCUT2D eigenvalue weighted by molar-refractivity contribution is -0.110. The minimum Gasteiger partial charge on any atom is -0.442 e. The molecule has 1 aliphatic rings. The van der Waals surface area contributed by atoms with Gasteiger partial charge in [-0.05, 0) is 18.3 Å². The molecule has 0 saturated heterocycles. The highest BCUT2D eigenvalue weighted by Gasteiger charge is 2.57. The van der Waals surface area contributed by atoms with Gasteiger partial charge < -0.3 is 15.3 Å². The molecule has 0 aromatic rings. The van der Waals surface area contributed by atoms with E-state index in [0.29, 0.717) is 0 Å².